The van der Waals surface area contributed by atoms with Crippen LogP contribution >= 0.6 is 0 Å². The van der Waals surface area contributed by atoms with Gasteiger partial charge < -0.3 is 5.11 Å². The first-order valence-electron chi connectivity index (χ1n) is 6.29. The van der Waals surface area contributed by atoms with E-state index in [-0.39, 0.29) is 5.75 Å². The van der Waals surface area contributed by atoms with Gasteiger partial charge >= 0.3 is 0 Å². The average Bonchev–Trinajstić information content (AvgIpc) is 2.28. The molecule has 18 heavy (non-hydrogen) atoms. The summed E-state index contributed by atoms with van der Waals surface area (Å²) in [5.74, 6) is 0.448. The van der Waals surface area contributed by atoms with Gasteiger partial charge in [-0.1, -0.05) is 37.3 Å². The highest BCUT2D eigenvalue weighted by atomic mass is 32.2. The second-order valence-corrected chi connectivity index (χ2v) is 7.23. The Morgan fingerprint density at radius 1 is 1.22 bits per heavy atom. The van der Waals surface area contributed by atoms with E-state index < -0.39 is 15.9 Å². The lowest BCUT2D eigenvalue weighted by Gasteiger charge is -2.16. The molecular formula is C14H22O3S. The molecule has 2 unspecified atom stereocenters. The van der Waals surface area contributed by atoms with Crippen LogP contribution in [0.5, 0.6) is 0 Å². The van der Waals surface area contributed by atoms with E-state index in [4.69, 9.17) is 0 Å². The molecule has 1 aromatic carbocycles. The van der Waals surface area contributed by atoms with Gasteiger partial charge in [-0.3, -0.25) is 0 Å². The number of benzene rings is 1. The molecular weight excluding hydrogens is 248 g/mol. The summed E-state index contributed by atoms with van der Waals surface area (Å²) >= 11 is 0. The first kappa shape index (κ1) is 15.2. The highest BCUT2D eigenvalue weighted by Gasteiger charge is 2.12. The molecule has 0 radical (unpaired) electrons. The van der Waals surface area contributed by atoms with Crippen molar-refractivity contribution < 1.29 is 13.5 Å². The first-order valence-corrected chi connectivity index (χ1v) is 8.35. The molecule has 0 saturated carbocycles. The van der Waals surface area contributed by atoms with Gasteiger partial charge in [-0.25, -0.2) is 8.42 Å². The highest BCUT2D eigenvalue weighted by molar-refractivity contribution is 7.90. The average molecular weight is 270 g/mol. The summed E-state index contributed by atoms with van der Waals surface area (Å²) in [6, 6.07) is 10.0. The van der Waals surface area contributed by atoms with Crippen LogP contribution in [0.2, 0.25) is 0 Å². The van der Waals surface area contributed by atoms with Gasteiger partial charge in [-0.2, -0.15) is 0 Å². The summed E-state index contributed by atoms with van der Waals surface area (Å²) in [4.78, 5) is 0. The summed E-state index contributed by atoms with van der Waals surface area (Å²) in [5, 5.41) is 9.88. The van der Waals surface area contributed by atoms with E-state index in [1.54, 1.807) is 0 Å². The second kappa shape index (κ2) is 6.90. The smallest absolute Gasteiger partial charge is 0.147 e. The quantitative estimate of drug-likeness (QED) is 0.827. The number of hydrogen-bond acceptors (Lipinski definition) is 3. The molecule has 0 spiro atoms. The summed E-state index contributed by atoms with van der Waals surface area (Å²) in [7, 11) is -2.91. The third kappa shape index (κ3) is 6.17. The Kier molecular flexibility index (Phi) is 5.82. The molecule has 3 nitrogen and oxygen atoms in total. The lowest BCUT2D eigenvalue weighted by Crippen LogP contribution is -2.13. The molecule has 1 aromatic rings. The van der Waals surface area contributed by atoms with Crippen molar-refractivity contribution in [1.29, 1.82) is 0 Å². The number of sulfone groups is 1. The first-order chi connectivity index (χ1) is 8.38. The SMILES string of the molecule is CC(CC(O)CCCS(C)(=O)=O)c1ccccc1. The molecule has 0 amide bonds. The lowest BCUT2D eigenvalue weighted by atomic mass is 9.94. The van der Waals surface area contributed by atoms with Crippen molar-refractivity contribution in [2.45, 2.75) is 38.2 Å². The maximum Gasteiger partial charge on any atom is 0.147 e. The van der Waals surface area contributed by atoms with Gasteiger partial charge in [0.15, 0.2) is 0 Å². The zero-order valence-corrected chi connectivity index (χ0v) is 11.9. The Labute approximate surface area is 110 Å². The van der Waals surface area contributed by atoms with Crippen LogP contribution in [0.4, 0.5) is 0 Å². The maximum absolute atomic E-state index is 11.0. The van der Waals surface area contributed by atoms with Crippen LogP contribution in [-0.4, -0.2) is 31.6 Å². The fourth-order valence-corrected chi connectivity index (χ4v) is 2.72. The Morgan fingerprint density at radius 3 is 2.39 bits per heavy atom. The number of aliphatic hydroxyl groups excluding tert-OH is 1. The topological polar surface area (TPSA) is 54.4 Å². The minimum absolute atomic E-state index is 0.157. The molecule has 1 N–H and O–H groups in total. The third-order valence-corrected chi connectivity index (χ3v) is 4.08. The van der Waals surface area contributed by atoms with Gasteiger partial charge in [-0.15, -0.1) is 0 Å². The molecule has 0 saturated heterocycles. The van der Waals surface area contributed by atoms with Gasteiger partial charge in [0.25, 0.3) is 0 Å². The van der Waals surface area contributed by atoms with E-state index >= 15 is 0 Å². The van der Waals surface area contributed by atoms with Crippen LogP contribution < -0.4 is 0 Å². The molecule has 0 bridgehead atoms. The molecule has 4 heteroatoms. The predicted molar refractivity (Wildman–Crippen MR) is 74.4 cm³/mol. The summed E-state index contributed by atoms with van der Waals surface area (Å²) in [6.45, 7) is 2.08. The summed E-state index contributed by atoms with van der Waals surface area (Å²) in [6.07, 6.45) is 2.55. The van der Waals surface area contributed by atoms with Gasteiger partial charge in [0.2, 0.25) is 0 Å². The molecule has 0 aliphatic heterocycles. The van der Waals surface area contributed by atoms with Gasteiger partial charge in [0.1, 0.15) is 9.84 Å². The van der Waals surface area contributed by atoms with Gasteiger partial charge in [-0.05, 0) is 30.7 Å². The van der Waals surface area contributed by atoms with Crippen molar-refractivity contribution >= 4 is 9.84 Å². The zero-order chi connectivity index (χ0) is 13.6. The van der Waals surface area contributed by atoms with Crippen molar-refractivity contribution in [2.24, 2.45) is 0 Å². The number of rotatable bonds is 7. The van der Waals surface area contributed by atoms with E-state index in [1.165, 1.54) is 11.8 Å². The van der Waals surface area contributed by atoms with E-state index in [0.717, 1.165) is 0 Å². The van der Waals surface area contributed by atoms with Crippen molar-refractivity contribution in [3.8, 4) is 0 Å². The maximum atomic E-state index is 11.0. The highest BCUT2D eigenvalue weighted by Crippen LogP contribution is 2.21. The normalized spacial score (nSPS) is 15.3. The predicted octanol–water partition coefficient (Wildman–Crippen LogP) is 2.37. The molecule has 0 aliphatic carbocycles. The van der Waals surface area contributed by atoms with Crippen molar-refractivity contribution in [3.63, 3.8) is 0 Å². The van der Waals surface area contributed by atoms with E-state index in [2.05, 4.69) is 6.92 Å². The minimum Gasteiger partial charge on any atom is -0.393 e. The molecule has 0 fully saturated rings. The molecule has 2 atom stereocenters. The van der Waals surface area contributed by atoms with Crippen molar-refractivity contribution in [2.75, 3.05) is 12.0 Å². The largest absolute Gasteiger partial charge is 0.393 e. The van der Waals surface area contributed by atoms with Crippen LogP contribution in [-0.2, 0) is 9.84 Å². The summed E-state index contributed by atoms with van der Waals surface area (Å²) in [5.41, 5.74) is 1.21. The number of hydrogen-bond donors (Lipinski definition) is 1. The van der Waals surface area contributed by atoms with Gasteiger partial charge in [0.05, 0.1) is 6.10 Å². The fourth-order valence-electron chi connectivity index (χ4n) is 2.02. The third-order valence-electron chi connectivity index (χ3n) is 3.05. The Balaban J connectivity index is 2.34. The van der Waals surface area contributed by atoms with Crippen LogP contribution in [0.3, 0.4) is 0 Å². The van der Waals surface area contributed by atoms with E-state index in [1.807, 2.05) is 30.3 Å². The molecule has 102 valence electrons. The zero-order valence-electron chi connectivity index (χ0n) is 11.0. The van der Waals surface area contributed by atoms with Crippen LogP contribution in [0.1, 0.15) is 37.7 Å². The lowest BCUT2D eigenvalue weighted by molar-refractivity contribution is 0.146. The van der Waals surface area contributed by atoms with Crippen LogP contribution in [0.15, 0.2) is 30.3 Å². The minimum atomic E-state index is -2.91. The van der Waals surface area contributed by atoms with Crippen LogP contribution in [0, 0.1) is 0 Å². The van der Waals surface area contributed by atoms with Crippen LogP contribution in [0.25, 0.3) is 0 Å². The van der Waals surface area contributed by atoms with Gasteiger partial charge in [0, 0.05) is 12.0 Å². The fraction of sp³-hybridized carbons (Fsp3) is 0.571. The van der Waals surface area contributed by atoms with E-state index in [0.29, 0.717) is 25.2 Å². The van der Waals surface area contributed by atoms with Crippen molar-refractivity contribution in [1.82, 2.24) is 0 Å². The Bertz CT molecular complexity index is 439. The van der Waals surface area contributed by atoms with E-state index in [9.17, 15) is 13.5 Å². The molecule has 0 aliphatic rings. The monoisotopic (exact) mass is 270 g/mol. The van der Waals surface area contributed by atoms with Crippen molar-refractivity contribution in [3.05, 3.63) is 35.9 Å². The summed E-state index contributed by atoms with van der Waals surface area (Å²) < 4.78 is 21.9. The standard InChI is InChI=1S/C14H22O3S/c1-12(13-7-4-3-5-8-13)11-14(15)9-6-10-18(2,16)17/h3-5,7-8,12,14-15H,6,9-11H2,1-2H3. The number of aliphatic hydroxyl groups is 1. The Hall–Kier alpha value is -0.870. The Morgan fingerprint density at radius 2 is 1.83 bits per heavy atom. The second-order valence-electron chi connectivity index (χ2n) is 4.97. The molecule has 0 heterocycles. The molecule has 1 rings (SSSR count). The molecule has 0 aromatic heterocycles.